The second-order valence-electron chi connectivity index (χ2n) is 12.0. The molecule has 1 aromatic heterocycles. The van der Waals surface area contributed by atoms with Gasteiger partial charge in [0.25, 0.3) is 11.5 Å². The van der Waals surface area contributed by atoms with Crippen LogP contribution >= 0.6 is 0 Å². The molecule has 3 aromatic rings. The van der Waals surface area contributed by atoms with Crippen LogP contribution in [0.2, 0.25) is 0 Å². The van der Waals surface area contributed by atoms with Crippen LogP contribution < -0.4 is 15.8 Å². The van der Waals surface area contributed by atoms with Crippen LogP contribution in [0.4, 0.5) is 5.69 Å². The van der Waals surface area contributed by atoms with Crippen molar-refractivity contribution in [1.29, 1.82) is 0 Å². The van der Waals surface area contributed by atoms with E-state index in [1.807, 2.05) is 26.0 Å². The Kier molecular flexibility index (Phi) is 11.0. The first-order chi connectivity index (χ1) is 20.2. The number of carbonyl (C=O) groups is 1. The lowest BCUT2D eigenvalue weighted by Crippen LogP contribution is -2.37. The van der Waals surface area contributed by atoms with Gasteiger partial charge in [-0.2, -0.15) is 0 Å². The van der Waals surface area contributed by atoms with E-state index in [1.165, 1.54) is 44.1 Å². The van der Waals surface area contributed by atoms with Crippen LogP contribution in [0.1, 0.15) is 104 Å². The number of aliphatic hydroxyl groups is 1. The average Bonchev–Trinajstić information content (AvgIpc) is 2.97. The number of aromatic nitrogens is 1. The van der Waals surface area contributed by atoms with Gasteiger partial charge >= 0.3 is 0 Å². The Morgan fingerprint density at radius 1 is 0.929 bits per heavy atom. The summed E-state index contributed by atoms with van der Waals surface area (Å²) in [6, 6.07) is 15.4. The average molecular weight is 572 g/mol. The molecule has 2 aliphatic rings. The van der Waals surface area contributed by atoms with Gasteiger partial charge in [-0.15, -0.1) is 0 Å². The lowest BCUT2D eigenvalue weighted by Gasteiger charge is -2.37. The van der Waals surface area contributed by atoms with Gasteiger partial charge in [0, 0.05) is 41.6 Å². The summed E-state index contributed by atoms with van der Waals surface area (Å²) < 4.78 is 0. The maximum absolute atomic E-state index is 13.6. The molecule has 0 saturated heterocycles. The summed E-state index contributed by atoms with van der Waals surface area (Å²) in [6.45, 7) is 11.3. The fraction of sp³-hybridized carbons (Fsp3) is 0.500. The van der Waals surface area contributed by atoms with Gasteiger partial charge in [-0.25, -0.2) is 0 Å². The summed E-state index contributed by atoms with van der Waals surface area (Å²) >= 11 is 0. The van der Waals surface area contributed by atoms with Crippen LogP contribution in [0.3, 0.4) is 0 Å². The van der Waals surface area contributed by atoms with Crippen molar-refractivity contribution < 1.29 is 9.90 Å². The first-order valence-electron chi connectivity index (χ1n) is 15.9. The molecular weight excluding hydrogens is 522 g/mol. The van der Waals surface area contributed by atoms with E-state index in [2.05, 4.69) is 66.3 Å². The number of aromatic amines is 1. The number of anilines is 1. The van der Waals surface area contributed by atoms with Gasteiger partial charge in [-0.3, -0.25) is 9.59 Å². The quantitative estimate of drug-likeness (QED) is 0.268. The SMILES string of the molecule is CCc1ccc(-c2cc(C(=O)NCc3c(C)cc(C)[nH]c3=O)c(C)c(N(CC)C3CCCCC3)c2)cc1.OC1CCC1. The lowest BCUT2D eigenvalue weighted by molar-refractivity contribution is 0.0945. The zero-order chi connectivity index (χ0) is 30.2. The highest BCUT2D eigenvalue weighted by atomic mass is 16.3. The van der Waals surface area contributed by atoms with E-state index < -0.39 is 0 Å². The molecule has 6 nitrogen and oxygen atoms in total. The maximum Gasteiger partial charge on any atom is 0.253 e. The fourth-order valence-corrected chi connectivity index (χ4v) is 6.10. The molecule has 0 spiro atoms. The summed E-state index contributed by atoms with van der Waals surface area (Å²) in [6.07, 6.45) is 10.6. The van der Waals surface area contributed by atoms with Crippen molar-refractivity contribution in [3.05, 3.63) is 86.3 Å². The Morgan fingerprint density at radius 3 is 2.14 bits per heavy atom. The van der Waals surface area contributed by atoms with Gasteiger partial charge in [-0.05, 0) is 112 Å². The fourth-order valence-electron chi connectivity index (χ4n) is 6.10. The van der Waals surface area contributed by atoms with Gasteiger partial charge in [0.1, 0.15) is 0 Å². The number of rotatable bonds is 8. The predicted molar refractivity (Wildman–Crippen MR) is 173 cm³/mol. The van der Waals surface area contributed by atoms with Crippen molar-refractivity contribution in [1.82, 2.24) is 10.3 Å². The normalized spacial score (nSPS) is 15.4. The van der Waals surface area contributed by atoms with Crippen LogP contribution in [0.25, 0.3) is 11.1 Å². The monoisotopic (exact) mass is 571 g/mol. The predicted octanol–water partition coefficient (Wildman–Crippen LogP) is 7.15. The Morgan fingerprint density at radius 2 is 1.60 bits per heavy atom. The molecule has 1 heterocycles. The molecule has 0 radical (unpaired) electrons. The molecule has 2 fully saturated rings. The molecule has 5 rings (SSSR count). The number of H-pyrrole nitrogens is 1. The molecule has 6 heteroatoms. The Hall–Kier alpha value is -3.38. The molecule has 2 aromatic carbocycles. The van der Waals surface area contributed by atoms with E-state index in [1.54, 1.807) is 0 Å². The number of nitrogens with zero attached hydrogens (tertiary/aromatic N) is 1. The van der Waals surface area contributed by atoms with E-state index >= 15 is 0 Å². The molecule has 0 unspecified atom stereocenters. The number of benzene rings is 2. The van der Waals surface area contributed by atoms with Crippen LogP contribution in [0.5, 0.6) is 0 Å². The summed E-state index contributed by atoms with van der Waals surface area (Å²) in [5.74, 6) is -0.148. The third-order valence-corrected chi connectivity index (χ3v) is 8.98. The number of aryl methyl sites for hydroxylation is 3. The summed E-state index contributed by atoms with van der Waals surface area (Å²) in [4.78, 5) is 31.5. The Labute approximate surface area is 251 Å². The molecule has 2 aliphatic carbocycles. The van der Waals surface area contributed by atoms with Crippen molar-refractivity contribution in [3.63, 3.8) is 0 Å². The van der Waals surface area contributed by atoms with Crippen LogP contribution in [0.15, 0.2) is 47.3 Å². The maximum atomic E-state index is 13.6. The highest BCUT2D eigenvalue weighted by molar-refractivity contribution is 5.99. The first kappa shape index (κ1) is 31.6. The number of hydrogen-bond donors (Lipinski definition) is 3. The van der Waals surface area contributed by atoms with E-state index in [-0.39, 0.29) is 24.1 Å². The second kappa shape index (κ2) is 14.7. The highest BCUT2D eigenvalue weighted by Crippen LogP contribution is 2.35. The highest BCUT2D eigenvalue weighted by Gasteiger charge is 2.24. The minimum Gasteiger partial charge on any atom is -0.393 e. The largest absolute Gasteiger partial charge is 0.393 e. The van der Waals surface area contributed by atoms with Gasteiger partial charge < -0.3 is 20.3 Å². The molecule has 0 atom stereocenters. The van der Waals surface area contributed by atoms with E-state index in [0.717, 1.165) is 59.4 Å². The number of hydrogen-bond acceptors (Lipinski definition) is 4. The number of aliphatic hydroxyl groups excluding tert-OH is 1. The van der Waals surface area contributed by atoms with E-state index in [0.29, 0.717) is 17.2 Å². The third-order valence-electron chi connectivity index (χ3n) is 8.98. The number of pyridine rings is 1. The van der Waals surface area contributed by atoms with Crippen molar-refractivity contribution in [2.75, 3.05) is 11.4 Å². The molecule has 0 aliphatic heterocycles. The minimum absolute atomic E-state index is 0.0648. The third kappa shape index (κ3) is 7.71. The van der Waals surface area contributed by atoms with Crippen LogP contribution in [0, 0.1) is 20.8 Å². The van der Waals surface area contributed by atoms with Crippen molar-refractivity contribution in [2.45, 2.75) is 111 Å². The molecule has 1 amide bonds. The smallest absolute Gasteiger partial charge is 0.253 e. The molecular formula is C36H49N3O3. The number of carbonyl (C=O) groups excluding carboxylic acids is 1. The van der Waals surface area contributed by atoms with Crippen molar-refractivity contribution in [3.8, 4) is 11.1 Å². The zero-order valence-electron chi connectivity index (χ0n) is 26.2. The first-order valence-corrected chi connectivity index (χ1v) is 15.9. The minimum atomic E-state index is -0.148. The van der Waals surface area contributed by atoms with Crippen molar-refractivity contribution >= 4 is 11.6 Å². The second-order valence-corrected chi connectivity index (χ2v) is 12.0. The topological polar surface area (TPSA) is 85.4 Å². The van der Waals surface area contributed by atoms with E-state index in [4.69, 9.17) is 5.11 Å². The molecule has 3 N–H and O–H groups in total. The van der Waals surface area contributed by atoms with Crippen LogP contribution in [-0.2, 0) is 13.0 Å². The number of amides is 1. The Bertz CT molecular complexity index is 1400. The lowest BCUT2D eigenvalue weighted by atomic mass is 9.91. The zero-order valence-corrected chi connectivity index (χ0v) is 26.2. The van der Waals surface area contributed by atoms with E-state index in [9.17, 15) is 9.59 Å². The molecule has 226 valence electrons. The summed E-state index contributed by atoms with van der Waals surface area (Å²) in [7, 11) is 0. The van der Waals surface area contributed by atoms with Gasteiger partial charge in [-0.1, -0.05) is 50.5 Å². The van der Waals surface area contributed by atoms with Gasteiger partial charge in [0.2, 0.25) is 0 Å². The van der Waals surface area contributed by atoms with Crippen LogP contribution in [-0.4, -0.2) is 34.7 Å². The summed E-state index contributed by atoms with van der Waals surface area (Å²) in [5, 5.41) is 11.5. The molecule has 0 bridgehead atoms. The van der Waals surface area contributed by atoms with Gasteiger partial charge in [0.15, 0.2) is 0 Å². The number of nitrogens with one attached hydrogen (secondary N) is 2. The summed E-state index contributed by atoms with van der Waals surface area (Å²) in [5.41, 5.74) is 8.42. The standard InChI is InChI=1S/C32H41N3O2.C4H8O/c1-6-24-13-15-25(16-14-24)26-18-28(31(36)33-20-29-21(3)17-22(4)34-32(29)37)23(5)30(19-26)35(7-2)27-11-9-8-10-12-27;5-4-2-1-3-4/h13-19,27H,6-12,20H2,1-5H3,(H,33,36)(H,34,37);4-5H,1-3H2. The molecule has 2 saturated carbocycles. The molecule has 42 heavy (non-hydrogen) atoms. The van der Waals surface area contributed by atoms with Gasteiger partial charge in [0.05, 0.1) is 6.10 Å². The Balaban J connectivity index is 0.000000732. The van der Waals surface area contributed by atoms with Crippen molar-refractivity contribution in [2.24, 2.45) is 0 Å².